The quantitative estimate of drug-likeness (QED) is 0.743. The molecule has 0 spiro atoms. The van der Waals surface area contributed by atoms with Gasteiger partial charge >= 0.3 is 6.09 Å². The van der Waals surface area contributed by atoms with Crippen LogP contribution in [0.15, 0.2) is 18.2 Å². The molecule has 2 amide bonds. The molecule has 0 heterocycles. The van der Waals surface area contributed by atoms with Crippen LogP contribution in [-0.4, -0.2) is 36.4 Å². The lowest BCUT2D eigenvalue weighted by Crippen LogP contribution is -2.35. The number of hydrogen-bond acceptors (Lipinski definition) is 5. The topological polar surface area (TPSA) is 96.9 Å². The third-order valence-corrected chi connectivity index (χ3v) is 2.75. The average Bonchev–Trinajstić information content (AvgIpc) is 2.44. The van der Waals surface area contributed by atoms with Crippen molar-refractivity contribution in [3.05, 3.63) is 23.8 Å². The van der Waals surface area contributed by atoms with Crippen LogP contribution in [0.1, 0.15) is 32.8 Å². The van der Waals surface area contributed by atoms with Crippen LogP contribution in [0.4, 0.5) is 4.79 Å². The van der Waals surface area contributed by atoms with E-state index in [4.69, 9.17) is 9.47 Å². The number of benzene rings is 1. The molecule has 0 saturated heterocycles. The number of rotatable bonds is 6. The fraction of sp³-hybridized carbons (Fsp3) is 0.500. The van der Waals surface area contributed by atoms with Gasteiger partial charge < -0.3 is 25.2 Å². The lowest BCUT2D eigenvalue weighted by Gasteiger charge is -2.19. The molecule has 0 bridgehead atoms. The van der Waals surface area contributed by atoms with Crippen molar-refractivity contribution in [2.45, 2.75) is 39.3 Å². The summed E-state index contributed by atoms with van der Waals surface area (Å²) in [6, 6.07) is 4.84. The normalized spacial score (nSPS) is 10.8. The highest BCUT2D eigenvalue weighted by Crippen LogP contribution is 2.26. The smallest absolute Gasteiger partial charge is 0.407 e. The summed E-state index contributed by atoms with van der Waals surface area (Å²) in [6.07, 6.45) is -0.400. The standard InChI is InChI=1S/C16H24N2O5/c1-16(2,3)23-15(21)17-8-7-14(20)18-10-11-5-6-12(19)13(9-11)22-4/h5-6,9,19H,7-8,10H2,1-4H3,(H,17,21)(H,18,20). The first-order valence-electron chi connectivity index (χ1n) is 7.30. The van der Waals surface area contributed by atoms with Crippen molar-refractivity contribution < 1.29 is 24.2 Å². The summed E-state index contributed by atoms with van der Waals surface area (Å²) < 4.78 is 10.1. The van der Waals surface area contributed by atoms with Crippen molar-refractivity contribution in [2.75, 3.05) is 13.7 Å². The van der Waals surface area contributed by atoms with Crippen LogP contribution >= 0.6 is 0 Å². The fourth-order valence-corrected chi connectivity index (χ4v) is 1.71. The van der Waals surface area contributed by atoms with E-state index in [0.717, 1.165) is 5.56 Å². The molecule has 0 aliphatic heterocycles. The molecule has 1 rings (SSSR count). The van der Waals surface area contributed by atoms with Crippen molar-refractivity contribution in [3.8, 4) is 11.5 Å². The maximum Gasteiger partial charge on any atom is 0.407 e. The van der Waals surface area contributed by atoms with Gasteiger partial charge in [-0.05, 0) is 38.5 Å². The van der Waals surface area contributed by atoms with Gasteiger partial charge in [0, 0.05) is 19.5 Å². The molecule has 7 nitrogen and oxygen atoms in total. The summed E-state index contributed by atoms with van der Waals surface area (Å²) in [5.74, 6) is 0.195. The third kappa shape index (κ3) is 7.39. The summed E-state index contributed by atoms with van der Waals surface area (Å²) >= 11 is 0. The highest BCUT2D eigenvalue weighted by molar-refractivity contribution is 5.77. The summed E-state index contributed by atoms with van der Waals surface area (Å²) in [7, 11) is 1.46. The Bertz CT molecular complexity index is 552. The highest BCUT2D eigenvalue weighted by atomic mass is 16.6. The molecule has 0 saturated carbocycles. The minimum Gasteiger partial charge on any atom is -0.504 e. The average molecular weight is 324 g/mol. The summed E-state index contributed by atoms with van der Waals surface area (Å²) in [5, 5.41) is 14.7. The maximum absolute atomic E-state index is 11.7. The Morgan fingerprint density at radius 1 is 1.22 bits per heavy atom. The lowest BCUT2D eigenvalue weighted by atomic mass is 10.2. The molecule has 0 atom stereocenters. The van der Waals surface area contributed by atoms with Gasteiger partial charge in [0.2, 0.25) is 5.91 Å². The Hall–Kier alpha value is -2.44. The fourth-order valence-electron chi connectivity index (χ4n) is 1.71. The predicted octanol–water partition coefficient (Wildman–Crippen LogP) is 1.93. The molecule has 1 aromatic carbocycles. The molecule has 0 unspecified atom stereocenters. The van der Waals surface area contributed by atoms with E-state index in [1.165, 1.54) is 13.2 Å². The number of hydrogen-bond donors (Lipinski definition) is 3. The first-order chi connectivity index (χ1) is 10.7. The number of alkyl carbamates (subject to hydrolysis) is 1. The van der Waals surface area contributed by atoms with E-state index in [9.17, 15) is 14.7 Å². The molecular weight excluding hydrogens is 300 g/mol. The summed E-state index contributed by atoms with van der Waals surface area (Å²) in [5.41, 5.74) is 0.234. The predicted molar refractivity (Wildman–Crippen MR) is 85.4 cm³/mol. The number of carbonyl (C=O) groups is 2. The zero-order valence-electron chi connectivity index (χ0n) is 13.9. The van der Waals surface area contributed by atoms with Crippen molar-refractivity contribution >= 4 is 12.0 Å². The Morgan fingerprint density at radius 3 is 2.52 bits per heavy atom. The molecular formula is C16H24N2O5. The van der Waals surface area contributed by atoms with Gasteiger partial charge in [-0.1, -0.05) is 6.07 Å². The number of ether oxygens (including phenoxy) is 2. The van der Waals surface area contributed by atoms with E-state index in [0.29, 0.717) is 12.3 Å². The molecule has 0 aliphatic rings. The number of amides is 2. The van der Waals surface area contributed by atoms with Gasteiger partial charge in [-0.25, -0.2) is 4.79 Å². The van der Waals surface area contributed by atoms with Gasteiger partial charge in [0.25, 0.3) is 0 Å². The van der Waals surface area contributed by atoms with Crippen LogP contribution in [0.25, 0.3) is 0 Å². The number of phenols is 1. The van der Waals surface area contributed by atoms with Gasteiger partial charge in [-0.2, -0.15) is 0 Å². The number of methoxy groups -OCH3 is 1. The van der Waals surface area contributed by atoms with Gasteiger partial charge in [0.15, 0.2) is 11.5 Å². The van der Waals surface area contributed by atoms with Crippen molar-refractivity contribution in [3.63, 3.8) is 0 Å². The van der Waals surface area contributed by atoms with Gasteiger partial charge in [0.05, 0.1) is 7.11 Å². The second-order valence-corrected chi connectivity index (χ2v) is 5.96. The molecule has 0 fully saturated rings. The highest BCUT2D eigenvalue weighted by Gasteiger charge is 2.15. The first-order valence-corrected chi connectivity index (χ1v) is 7.30. The van der Waals surface area contributed by atoms with E-state index in [2.05, 4.69) is 10.6 Å². The zero-order valence-corrected chi connectivity index (χ0v) is 13.9. The Kier molecular flexibility index (Phi) is 6.68. The maximum atomic E-state index is 11.7. The molecule has 0 aliphatic carbocycles. The van der Waals surface area contributed by atoms with E-state index in [1.54, 1.807) is 32.9 Å². The van der Waals surface area contributed by atoms with Gasteiger partial charge in [-0.3, -0.25) is 4.79 Å². The Morgan fingerprint density at radius 2 is 1.91 bits per heavy atom. The molecule has 7 heteroatoms. The van der Waals surface area contributed by atoms with Crippen LogP contribution in [0.5, 0.6) is 11.5 Å². The monoisotopic (exact) mass is 324 g/mol. The van der Waals surface area contributed by atoms with Crippen LogP contribution < -0.4 is 15.4 Å². The second-order valence-electron chi connectivity index (χ2n) is 5.96. The van der Waals surface area contributed by atoms with E-state index >= 15 is 0 Å². The zero-order chi connectivity index (χ0) is 17.5. The first kappa shape index (κ1) is 18.6. The van der Waals surface area contributed by atoms with E-state index in [1.807, 2.05) is 0 Å². The molecule has 0 radical (unpaired) electrons. The Labute approximate surface area is 136 Å². The second kappa shape index (κ2) is 8.26. The van der Waals surface area contributed by atoms with E-state index < -0.39 is 11.7 Å². The number of aromatic hydroxyl groups is 1. The van der Waals surface area contributed by atoms with Crippen LogP contribution in [0, 0.1) is 0 Å². The number of phenolic OH excluding ortho intramolecular Hbond substituents is 1. The summed E-state index contributed by atoms with van der Waals surface area (Å²) in [4.78, 5) is 23.1. The SMILES string of the molecule is COc1cc(CNC(=O)CCNC(=O)OC(C)(C)C)ccc1O. The third-order valence-electron chi connectivity index (χ3n) is 2.75. The molecule has 1 aromatic rings. The molecule has 0 aromatic heterocycles. The van der Waals surface area contributed by atoms with E-state index in [-0.39, 0.29) is 24.6 Å². The van der Waals surface area contributed by atoms with Gasteiger partial charge in [-0.15, -0.1) is 0 Å². The molecule has 3 N–H and O–H groups in total. The van der Waals surface area contributed by atoms with Gasteiger partial charge in [0.1, 0.15) is 5.60 Å². The van der Waals surface area contributed by atoms with Crippen LogP contribution in [-0.2, 0) is 16.1 Å². The molecule has 23 heavy (non-hydrogen) atoms. The minimum absolute atomic E-state index is 0.0455. The van der Waals surface area contributed by atoms with Crippen molar-refractivity contribution in [1.29, 1.82) is 0 Å². The van der Waals surface area contributed by atoms with Crippen molar-refractivity contribution in [1.82, 2.24) is 10.6 Å². The largest absolute Gasteiger partial charge is 0.504 e. The number of carbonyl (C=O) groups excluding carboxylic acids is 2. The van der Waals surface area contributed by atoms with Crippen LogP contribution in [0.2, 0.25) is 0 Å². The molecule has 128 valence electrons. The van der Waals surface area contributed by atoms with Crippen LogP contribution in [0.3, 0.4) is 0 Å². The number of nitrogens with one attached hydrogen (secondary N) is 2. The minimum atomic E-state index is -0.565. The Balaban J connectivity index is 2.31. The summed E-state index contributed by atoms with van der Waals surface area (Å²) in [6.45, 7) is 5.81. The van der Waals surface area contributed by atoms with Crippen molar-refractivity contribution in [2.24, 2.45) is 0 Å². The lowest BCUT2D eigenvalue weighted by molar-refractivity contribution is -0.121.